The minimum Gasteiger partial charge on any atom is -0.405 e. The summed E-state index contributed by atoms with van der Waals surface area (Å²) in [5, 5.41) is 21.1. The van der Waals surface area contributed by atoms with E-state index >= 15 is 0 Å². The Morgan fingerprint density at radius 1 is 1.10 bits per heavy atom. The lowest BCUT2D eigenvalue weighted by molar-refractivity contribution is 0.292. The molecule has 0 radical (unpaired) electrons. The molecule has 5 aromatic heterocycles. The van der Waals surface area contributed by atoms with Crippen molar-refractivity contribution in [2.24, 2.45) is 0 Å². The fourth-order valence-corrected chi connectivity index (χ4v) is 5.39. The van der Waals surface area contributed by atoms with Gasteiger partial charge < -0.3 is 19.7 Å². The summed E-state index contributed by atoms with van der Waals surface area (Å²) in [4.78, 5) is 15.9. The Labute approximate surface area is 221 Å². The minimum atomic E-state index is -1.05. The highest BCUT2D eigenvalue weighted by molar-refractivity contribution is 5.86. The Morgan fingerprint density at radius 3 is 2.77 bits per heavy atom. The van der Waals surface area contributed by atoms with Crippen molar-refractivity contribution in [3.8, 4) is 11.4 Å². The van der Waals surface area contributed by atoms with E-state index in [1.807, 2.05) is 36.1 Å². The number of halogens is 1. The van der Waals surface area contributed by atoms with Gasteiger partial charge >= 0.3 is 6.01 Å². The molecule has 0 aliphatic carbocycles. The van der Waals surface area contributed by atoms with E-state index in [0.717, 1.165) is 27.7 Å². The topological polar surface area (TPSA) is 138 Å². The molecule has 0 saturated carbocycles. The van der Waals surface area contributed by atoms with Crippen molar-refractivity contribution in [2.45, 2.75) is 31.5 Å². The Kier molecular flexibility index (Phi) is 5.30. The molecule has 11 nitrogen and oxygen atoms in total. The van der Waals surface area contributed by atoms with Gasteiger partial charge in [-0.2, -0.15) is 5.10 Å². The Balaban J connectivity index is 1.44. The number of nitrogens with zero attached hydrogens (tertiary/aromatic N) is 6. The van der Waals surface area contributed by atoms with Gasteiger partial charge in [0.15, 0.2) is 5.54 Å². The molecule has 0 saturated heterocycles. The zero-order valence-corrected chi connectivity index (χ0v) is 21.2. The molecule has 1 unspecified atom stereocenters. The number of rotatable bonds is 6. The van der Waals surface area contributed by atoms with Gasteiger partial charge in [-0.05, 0) is 37.1 Å². The molecule has 0 bridgehead atoms. The second-order valence-electron chi connectivity index (χ2n) is 9.47. The van der Waals surface area contributed by atoms with Crippen LogP contribution in [0.3, 0.4) is 0 Å². The predicted molar refractivity (Wildman–Crippen MR) is 141 cm³/mol. The number of H-pyrrole nitrogens is 2. The average Bonchev–Trinajstić information content (AvgIpc) is 3.78. The molecule has 4 N–H and O–H groups in total. The minimum absolute atomic E-state index is 0.277. The van der Waals surface area contributed by atoms with Crippen molar-refractivity contribution < 1.29 is 8.81 Å². The fourth-order valence-electron chi connectivity index (χ4n) is 5.39. The largest absolute Gasteiger partial charge is 0.405 e. The molecule has 6 aromatic rings. The number of aromatic nitrogens is 8. The third kappa shape index (κ3) is 3.63. The second kappa shape index (κ2) is 8.88. The fraction of sp³-hybridized carbons (Fsp3) is 0.222. The van der Waals surface area contributed by atoms with E-state index in [1.165, 1.54) is 12.3 Å². The Bertz CT molecular complexity index is 1740. The van der Waals surface area contributed by atoms with Crippen LogP contribution in [0.5, 0.6) is 0 Å². The summed E-state index contributed by atoms with van der Waals surface area (Å²) in [6.45, 7) is 2.74. The van der Waals surface area contributed by atoms with Crippen LogP contribution in [-0.2, 0) is 18.5 Å². The first kappa shape index (κ1) is 23.3. The summed E-state index contributed by atoms with van der Waals surface area (Å²) in [7, 11) is 1.73. The third-order valence-electron chi connectivity index (χ3n) is 7.27. The van der Waals surface area contributed by atoms with Crippen molar-refractivity contribution >= 4 is 16.9 Å². The van der Waals surface area contributed by atoms with E-state index in [4.69, 9.17) is 9.40 Å². The Morgan fingerprint density at radius 2 is 2.00 bits per heavy atom. The molecule has 12 heteroatoms. The second-order valence-corrected chi connectivity index (χ2v) is 9.47. The predicted octanol–water partition coefficient (Wildman–Crippen LogP) is 3.91. The van der Waals surface area contributed by atoms with E-state index in [1.54, 1.807) is 19.3 Å². The molecule has 196 valence electrons. The number of imidazole rings is 1. The molecule has 2 atom stereocenters. The molecule has 0 amide bonds. The number of benzene rings is 1. The number of fused-ring (bicyclic) bond motifs is 3. The van der Waals surface area contributed by atoms with Gasteiger partial charge in [-0.25, -0.2) is 9.37 Å². The molecule has 0 fully saturated rings. The van der Waals surface area contributed by atoms with Crippen molar-refractivity contribution in [3.05, 3.63) is 95.5 Å². The average molecular weight is 525 g/mol. The highest BCUT2D eigenvalue weighted by Crippen LogP contribution is 2.46. The number of pyridine rings is 1. The summed E-state index contributed by atoms with van der Waals surface area (Å²) in [5.41, 5.74) is 4.12. The molecule has 0 spiro atoms. The normalized spacial score (nSPS) is 18.9. The number of para-hydroxylation sites is 1. The van der Waals surface area contributed by atoms with Gasteiger partial charge in [0.2, 0.25) is 5.89 Å². The van der Waals surface area contributed by atoms with Gasteiger partial charge in [-0.15, -0.1) is 5.10 Å². The quantitative estimate of drug-likeness (QED) is 0.257. The first-order valence-corrected chi connectivity index (χ1v) is 12.7. The van der Waals surface area contributed by atoms with E-state index < -0.39 is 11.4 Å². The van der Waals surface area contributed by atoms with Crippen LogP contribution in [0, 0.1) is 5.82 Å². The smallest absolute Gasteiger partial charge is 0.315 e. The summed E-state index contributed by atoms with van der Waals surface area (Å²) in [5.74, 6) is 0.678. The molecule has 39 heavy (non-hydrogen) atoms. The van der Waals surface area contributed by atoms with Crippen molar-refractivity contribution in [1.82, 2.24) is 45.2 Å². The van der Waals surface area contributed by atoms with Crippen LogP contribution in [0.1, 0.15) is 41.5 Å². The molecule has 1 aliphatic heterocycles. The molecule has 1 aliphatic rings. The van der Waals surface area contributed by atoms with Gasteiger partial charge in [-0.3, -0.25) is 15.0 Å². The summed E-state index contributed by atoms with van der Waals surface area (Å²) in [6, 6.07) is 11.2. The summed E-state index contributed by atoms with van der Waals surface area (Å²) < 4.78 is 21.5. The first-order chi connectivity index (χ1) is 19.1. The number of anilines is 1. The standard InChI is InChI=1S/C27H25FN10O/c1-3-38-14-15(11-32-38)27(25-36-37-26(29-2)39-25)23-18(17-6-4-5-7-19(17)33-23)10-21(35-27)24-31-13-22(34-24)20-9-8-16(28)12-30-20/h4-9,11-14,21,33,35H,3,10H2,1-2H3,(H,29,37)(H,31,34)/t21-,27?/m1/s1. The highest BCUT2D eigenvalue weighted by Gasteiger charge is 2.50. The summed E-state index contributed by atoms with van der Waals surface area (Å²) >= 11 is 0. The number of aromatic amines is 2. The lowest BCUT2D eigenvalue weighted by Gasteiger charge is -2.38. The monoisotopic (exact) mass is 524 g/mol. The lowest BCUT2D eigenvalue weighted by Crippen LogP contribution is -2.51. The molecule has 6 heterocycles. The maximum Gasteiger partial charge on any atom is 0.315 e. The van der Waals surface area contributed by atoms with Gasteiger partial charge in [0, 0.05) is 36.3 Å². The van der Waals surface area contributed by atoms with Crippen LogP contribution in [0.15, 0.2) is 65.6 Å². The lowest BCUT2D eigenvalue weighted by atomic mass is 9.79. The van der Waals surface area contributed by atoms with Crippen molar-refractivity contribution in [1.29, 1.82) is 0 Å². The van der Waals surface area contributed by atoms with Crippen LogP contribution in [-0.4, -0.2) is 47.0 Å². The van der Waals surface area contributed by atoms with Crippen molar-refractivity contribution in [2.75, 3.05) is 12.4 Å². The zero-order chi connectivity index (χ0) is 26.6. The van der Waals surface area contributed by atoms with E-state index in [0.29, 0.717) is 42.1 Å². The summed E-state index contributed by atoms with van der Waals surface area (Å²) in [6.07, 6.45) is 7.36. The number of hydrogen-bond donors (Lipinski definition) is 4. The van der Waals surface area contributed by atoms with Crippen LogP contribution in [0.2, 0.25) is 0 Å². The first-order valence-electron chi connectivity index (χ1n) is 12.7. The maximum atomic E-state index is 13.5. The number of hydrogen-bond acceptors (Lipinski definition) is 8. The van der Waals surface area contributed by atoms with Crippen LogP contribution < -0.4 is 10.6 Å². The zero-order valence-electron chi connectivity index (χ0n) is 21.2. The molecule has 1 aromatic carbocycles. The number of nitrogens with one attached hydrogen (secondary N) is 4. The van der Waals surface area contributed by atoms with Crippen LogP contribution in [0.25, 0.3) is 22.3 Å². The van der Waals surface area contributed by atoms with Crippen LogP contribution >= 0.6 is 0 Å². The number of aryl methyl sites for hydroxylation is 1. The highest BCUT2D eigenvalue weighted by atomic mass is 19.1. The Hall–Kier alpha value is -4.84. The third-order valence-corrected chi connectivity index (χ3v) is 7.27. The molecular weight excluding hydrogens is 499 g/mol. The molecular formula is C27H25FN10O. The van der Waals surface area contributed by atoms with Gasteiger partial charge in [0.05, 0.1) is 41.7 Å². The van der Waals surface area contributed by atoms with Gasteiger partial charge in [0.1, 0.15) is 11.6 Å². The van der Waals surface area contributed by atoms with E-state index in [-0.39, 0.29) is 6.04 Å². The van der Waals surface area contributed by atoms with E-state index in [2.05, 4.69) is 53.0 Å². The van der Waals surface area contributed by atoms with Crippen LogP contribution in [0.4, 0.5) is 10.4 Å². The van der Waals surface area contributed by atoms with Gasteiger partial charge in [-0.1, -0.05) is 23.3 Å². The van der Waals surface area contributed by atoms with Gasteiger partial charge in [0.25, 0.3) is 0 Å². The molecule has 7 rings (SSSR count). The SMILES string of the molecule is CCn1cc(C2(c3nnc(NC)o3)N[C@@H](c3ncc(-c4ccc(F)cn4)[nH]3)Cc3c2[nH]c2ccccc32)cn1. The van der Waals surface area contributed by atoms with Crippen molar-refractivity contribution in [3.63, 3.8) is 0 Å². The van der Waals surface area contributed by atoms with E-state index in [9.17, 15) is 4.39 Å². The maximum absolute atomic E-state index is 13.5.